The first-order valence-corrected chi connectivity index (χ1v) is 10.9. The van der Waals surface area contributed by atoms with Gasteiger partial charge >= 0.3 is 0 Å². The molecule has 3 N–H and O–H groups in total. The Kier molecular flexibility index (Phi) is 5.98. The van der Waals surface area contributed by atoms with E-state index < -0.39 is 31.4 Å². The topological polar surface area (TPSA) is 94.8 Å². The maximum absolute atomic E-state index is 13.0. The Bertz CT molecular complexity index is 1210. The van der Waals surface area contributed by atoms with Gasteiger partial charge in [0.05, 0.1) is 15.1 Å². The summed E-state index contributed by atoms with van der Waals surface area (Å²) in [4.78, 5) is 0. The van der Waals surface area contributed by atoms with E-state index in [1.54, 1.807) is 0 Å². The van der Waals surface area contributed by atoms with Gasteiger partial charge in [0.2, 0.25) is 0 Å². The van der Waals surface area contributed by atoms with Gasteiger partial charge in [-0.15, -0.1) is 0 Å². The van der Waals surface area contributed by atoms with E-state index in [0.717, 1.165) is 0 Å². The average Bonchev–Trinajstić information content (AvgIpc) is 2.64. The molecule has 3 aromatic carbocycles. The first-order chi connectivity index (χ1) is 13.5. The molecule has 0 amide bonds. The third-order valence-corrected chi connectivity index (χ3v) is 7.19. The zero-order valence-corrected chi connectivity index (χ0v) is 18.1. The smallest absolute Gasteiger partial charge is 0.283 e. The summed E-state index contributed by atoms with van der Waals surface area (Å²) >= 11 is 24.5. The first kappa shape index (κ1) is 22.0. The molecule has 0 radical (unpaired) electrons. The number of benzene rings is 3. The van der Waals surface area contributed by atoms with Gasteiger partial charge in [0.15, 0.2) is 10.5 Å². The summed E-state index contributed by atoms with van der Waals surface area (Å²) in [6.07, 6.45) is 0. The van der Waals surface area contributed by atoms with Gasteiger partial charge in [-0.05, 0) is 29.8 Å². The van der Waals surface area contributed by atoms with Crippen molar-refractivity contribution >= 4 is 56.5 Å². The van der Waals surface area contributed by atoms with Crippen LogP contribution in [0, 0.1) is 0 Å². The standard InChI is InChI=1S/C19H12Cl4O5S/c20-11-4-1-3-10(9-11)19(29(26,27)28,12-5-2-6-15(24)16(12)22)13-7-8-14(21)18(25)17(13)23/h1-9,24-25H,(H,26,27,28). The van der Waals surface area contributed by atoms with Gasteiger partial charge in [-0.2, -0.15) is 8.42 Å². The van der Waals surface area contributed by atoms with Crippen molar-refractivity contribution in [1.29, 1.82) is 0 Å². The molecule has 0 aliphatic carbocycles. The molecule has 0 saturated carbocycles. The number of phenols is 2. The van der Waals surface area contributed by atoms with Crippen molar-refractivity contribution in [3.63, 3.8) is 0 Å². The largest absolute Gasteiger partial charge is 0.506 e. The molecule has 3 rings (SSSR count). The summed E-state index contributed by atoms with van der Waals surface area (Å²) < 4.78 is 34.0. The lowest BCUT2D eigenvalue weighted by molar-refractivity contribution is 0.455. The van der Waals surface area contributed by atoms with Crippen LogP contribution in [-0.2, 0) is 14.9 Å². The van der Waals surface area contributed by atoms with Crippen molar-refractivity contribution in [2.75, 3.05) is 0 Å². The third kappa shape index (κ3) is 3.54. The minimum absolute atomic E-state index is 0.0244. The maximum atomic E-state index is 13.0. The van der Waals surface area contributed by atoms with Crippen molar-refractivity contribution in [2.24, 2.45) is 0 Å². The molecule has 0 heterocycles. The van der Waals surface area contributed by atoms with Crippen LogP contribution >= 0.6 is 46.4 Å². The molecule has 0 bridgehead atoms. The van der Waals surface area contributed by atoms with Gasteiger partial charge in [-0.1, -0.05) is 76.7 Å². The van der Waals surface area contributed by atoms with Crippen molar-refractivity contribution in [1.82, 2.24) is 0 Å². The molecule has 0 aromatic heterocycles. The van der Waals surface area contributed by atoms with Crippen LogP contribution < -0.4 is 0 Å². The summed E-state index contributed by atoms with van der Waals surface area (Å²) in [5.74, 6) is -1.01. The zero-order chi connectivity index (χ0) is 21.6. The molecule has 0 saturated heterocycles. The lowest BCUT2D eigenvalue weighted by Gasteiger charge is -2.34. The second kappa shape index (κ2) is 7.87. The normalized spacial score (nSPS) is 13.8. The monoisotopic (exact) mass is 492 g/mol. The summed E-state index contributed by atoms with van der Waals surface area (Å²) in [6, 6.07) is 12.0. The molecule has 0 aliphatic heterocycles. The number of rotatable bonds is 4. The Morgan fingerprint density at radius 3 is 2.03 bits per heavy atom. The highest BCUT2D eigenvalue weighted by Gasteiger charge is 2.51. The lowest BCUT2D eigenvalue weighted by Crippen LogP contribution is -2.39. The lowest BCUT2D eigenvalue weighted by atomic mass is 9.83. The van der Waals surface area contributed by atoms with Crippen LogP contribution in [0.15, 0.2) is 54.6 Å². The van der Waals surface area contributed by atoms with Gasteiger partial charge in [0.25, 0.3) is 10.1 Å². The van der Waals surface area contributed by atoms with Crippen LogP contribution in [-0.4, -0.2) is 23.2 Å². The van der Waals surface area contributed by atoms with E-state index >= 15 is 0 Å². The summed E-state index contributed by atoms with van der Waals surface area (Å²) in [6.45, 7) is 0. The van der Waals surface area contributed by atoms with Crippen LogP contribution in [0.2, 0.25) is 20.1 Å². The van der Waals surface area contributed by atoms with Crippen molar-refractivity contribution < 1.29 is 23.2 Å². The van der Waals surface area contributed by atoms with Crippen molar-refractivity contribution in [3.8, 4) is 11.5 Å². The minimum Gasteiger partial charge on any atom is -0.506 e. The van der Waals surface area contributed by atoms with E-state index in [4.69, 9.17) is 46.4 Å². The fraction of sp³-hybridized carbons (Fsp3) is 0.0526. The number of halogens is 4. The van der Waals surface area contributed by atoms with E-state index in [1.807, 2.05) is 0 Å². The van der Waals surface area contributed by atoms with E-state index in [-0.39, 0.29) is 31.8 Å². The highest BCUT2D eigenvalue weighted by molar-refractivity contribution is 7.87. The number of hydrogen-bond acceptors (Lipinski definition) is 4. The highest BCUT2D eigenvalue weighted by Crippen LogP contribution is 2.52. The van der Waals surface area contributed by atoms with Crippen LogP contribution in [0.1, 0.15) is 16.7 Å². The van der Waals surface area contributed by atoms with Crippen LogP contribution in [0.4, 0.5) is 0 Å². The van der Waals surface area contributed by atoms with E-state index in [9.17, 15) is 23.2 Å². The van der Waals surface area contributed by atoms with Gasteiger partial charge in [0.1, 0.15) is 5.75 Å². The Morgan fingerprint density at radius 1 is 0.793 bits per heavy atom. The van der Waals surface area contributed by atoms with Gasteiger partial charge in [-0.25, -0.2) is 0 Å². The predicted molar refractivity (Wildman–Crippen MR) is 114 cm³/mol. The van der Waals surface area contributed by atoms with Crippen LogP contribution in [0.25, 0.3) is 0 Å². The quantitative estimate of drug-likeness (QED) is 0.311. The van der Waals surface area contributed by atoms with E-state index in [1.165, 1.54) is 54.6 Å². The number of hydrogen-bond donors (Lipinski definition) is 3. The third-order valence-electron chi connectivity index (χ3n) is 4.42. The van der Waals surface area contributed by atoms with Crippen molar-refractivity contribution in [3.05, 3.63) is 91.4 Å². The van der Waals surface area contributed by atoms with Crippen LogP contribution in [0.5, 0.6) is 11.5 Å². The molecular formula is C19H12Cl4O5S. The van der Waals surface area contributed by atoms with E-state index in [0.29, 0.717) is 0 Å². The summed E-state index contributed by atoms with van der Waals surface area (Å²) in [5, 5.41) is 19.6. The predicted octanol–water partition coefficient (Wildman–Crippen LogP) is 5.89. The van der Waals surface area contributed by atoms with Crippen LogP contribution in [0.3, 0.4) is 0 Å². The molecule has 0 fully saturated rings. The fourth-order valence-corrected chi connectivity index (χ4v) is 5.60. The number of phenolic OH excluding ortho intramolecular Hbond substituents is 2. The molecule has 0 spiro atoms. The molecule has 3 aromatic rings. The molecular weight excluding hydrogens is 482 g/mol. The Morgan fingerprint density at radius 2 is 1.41 bits per heavy atom. The molecule has 152 valence electrons. The number of aromatic hydroxyl groups is 2. The Balaban J connectivity index is 2.63. The summed E-state index contributed by atoms with van der Waals surface area (Å²) in [5.41, 5.74) is -0.463. The molecule has 1 atom stereocenters. The SMILES string of the molecule is O=S(=O)(O)C(c1cccc(Cl)c1)(c1cccc(O)c1Cl)c1ccc(Cl)c(O)c1Cl. The molecule has 29 heavy (non-hydrogen) atoms. The Hall–Kier alpha value is -1.67. The zero-order valence-electron chi connectivity index (χ0n) is 14.3. The first-order valence-electron chi connectivity index (χ1n) is 7.90. The molecule has 10 heteroatoms. The highest BCUT2D eigenvalue weighted by atomic mass is 35.5. The second-order valence-electron chi connectivity index (χ2n) is 6.06. The summed E-state index contributed by atoms with van der Waals surface area (Å²) in [7, 11) is -5.09. The second-order valence-corrected chi connectivity index (χ2v) is 9.22. The van der Waals surface area contributed by atoms with Gasteiger partial charge < -0.3 is 10.2 Å². The maximum Gasteiger partial charge on any atom is 0.283 e. The molecule has 0 aliphatic rings. The molecule has 5 nitrogen and oxygen atoms in total. The van der Waals surface area contributed by atoms with Gasteiger partial charge in [-0.3, -0.25) is 4.55 Å². The van der Waals surface area contributed by atoms with E-state index in [2.05, 4.69) is 0 Å². The fourth-order valence-electron chi connectivity index (χ4n) is 3.19. The average molecular weight is 494 g/mol. The minimum atomic E-state index is -5.09. The molecule has 1 unspecified atom stereocenters. The van der Waals surface area contributed by atoms with Gasteiger partial charge in [0, 0.05) is 16.1 Å². The Labute approximate surface area is 186 Å². The van der Waals surface area contributed by atoms with Crippen molar-refractivity contribution in [2.45, 2.75) is 4.75 Å².